The molecule has 2 aromatic carbocycles. The van der Waals surface area contributed by atoms with Gasteiger partial charge in [-0.1, -0.05) is 37.1 Å². The van der Waals surface area contributed by atoms with Crippen LogP contribution in [0.3, 0.4) is 0 Å². The Hall–Kier alpha value is -2.42. The predicted octanol–water partition coefficient (Wildman–Crippen LogP) is 2.36. The van der Waals surface area contributed by atoms with Crippen molar-refractivity contribution in [2.75, 3.05) is 25.7 Å². The van der Waals surface area contributed by atoms with Crippen LogP contribution in [0.1, 0.15) is 30.5 Å². The molecule has 0 spiro atoms. The van der Waals surface area contributed by atoms with E-state index in [1.165, 1.54) is 19.2 Å². The van der Waals surface area contributed by atoms with E-state index in [2.05, 4.69) is 16.6 Å². The first-order valence-corrected chi connectivity index (χ1v) is 13.4. The highest BCUT2D eigenvalue weighted by Gasteiger charge is 2.25. The topological polar surface area (TPSA) is 113 Å². The number of benzene rings is 2. The molecular weight excluding hydrogens is 452 g/mol. The lowest BCUT2D eigenvalue weighted by atomic mass is 10.1. The number of hydroxylamine groups is 2. The summed E-state index contributed by atoms with van der Waals surface area (Å²) < 4.78 is 56.2. The van der Waals surface area contributed by atoms with Crippen molar-refractivity contribution in [3.05, 3.63) is 59.7 Å². The van der Waals surface area contributed by atoms with E-state index in [-0.39, 0.29) is 23.8 Å². The fourth-order valence-electron chi connectivity index (χ4n) is 2.83. The number of nitrogens with zero attached hydrogens (tertiary/aromatic N) is 1. The molecule has 10 heteroatoms. The van der Waals surface area contributed by atoms with E-state index in [0.29, 0.717) is 16.9 Å². The molecule has 0 saturated carbocycles. The molecule has 1 unspecified atom stereocenters. The summed E-state index contributed by atoms with van der Waals surface area (Å²) in [5.74, 6) is 5.91. The Labute approximate surface area is 190 Å². The molecule has 2 aromatic rings. The van der Waals surface area contributed by atoms with Gasteiger partial charge in [0.15, 0.2) is 9.84 Å². The number of hydrogen-bond acceptors (Lipinski definition) is 7. The molecule has 32 heavy (non-hydrogen) atoms. The molecule has 2 rings (SSSR count). The maximum absolute atomic E-state index is 12.9. The van der Waals surface area contributed by atoms with Gasteiger partial charge >= 0.3 is 0 Å². The Morgan fingerprint density at radius 2 is 1.66 bits per heavy atom. The maximum Gasteiger partial charge on any atom is 0.209 e. The van der Waals surface area contributed by atoms with Crippen molar-refractivity contribution in [2.45, 2.75) is 30.8 Å². The molecule has 0 heterocycles. The Morgan fingerprint density at radius 3 is 2.19 bits per heavy atom. The molecule has 0 aliphatic rings. The minimum absolute atomic E-state index is 0.116. The molecule has 0 aliphatic carbocycles. The van der Waals surface area contributed by atoms with Gasteiger partial charge in [0.2, 0.25) is 10.0 Å². The molecule has 2 N–H and O–H groups in total. The highest BCUT2D eigenvalue weighted by atomic mass is 32.2. The predicted molar refractivity (Wildman–Crippen MR) is 122 cm³/mol. The summed E-state index contributed by atoms with van der Waals surface area (Å²) >= 11 is 0. The summed E-state index contributed by atoms with van der Waals surface area (Å²) in [5.41, 5.74) is 1.29. The molecule has 174 valence electrons. The van der Waals surface area contributed by atoms with Gasteiger partial charge < -0.3 is 9.94 Å². The van der Waals surface area contributed by atoms with E-state index in [4.69, 9.17) is 4.74 Å². The number of nitrogens with one attached hydrogen (secondary N) is 1. The Bertz CT molecular complexity index is 1150. The van der Waals surface area contributed by atoms with Crippen LogP contribution >= 0.6 is 0 Å². The van der Waals surface area contributed by atoms with Crippen LogP contribution in [0, 0.1) is 11.8 Å². The average Bonchev–Trinajstić information content (AvgIpc) is 2.74. The zero-order valence-electron chi connectivity index (χ0n) is 18.3. The minimum Gasteiger partial charge on any atom is -0.481 e. The number of ether oxygens (including phenoxy) is 1. The van der Waals surface area contributed by atoms with Crippen molar-refractivity contribution in [3.8, 4) is 17.6 Å². The van der Waals surface area contributed by atoms with E-state index >= 15 is 0 Å². The van der Waals surface area contributed by atoms with Gasteiger partial charge in [-0.2, -0.15) is 5.06 Å². The van der Waals surface area contributed by atoms with Crippen LogP contribution in [0.4, 0.5) is 0 Å². The molecule has 0 saturated heterocycles. The first-order valence-electron chi connectivity index (χ1n) is 9.88. The lowest BCUT2D eigenvalue weighted by molar-refractivity contribution is -0.0973. The standard InChI is InChI=1S/C22H28N2O6S2/c1-4-5-6-15-30-20-11-13-21(14-12-20)32(28,29)17-22(24(2)25)19-9-7-18(8-10-19)16-23-31(3,26)27/h7-14,22-23,25H,4,15-17H2,1-3H3. The van der Waals surface area contributed by atoms with Crippen LogP contribution in [0.2, 0.25) is 0 Å². The summed E-state index contributed by atoms with van der Waals surface area (Å²) in [4.78, 5) is 0.116. The van der Waals surface area contributed by atoms with E-state index < -0.39 is 25.9 Å². The van der Waals surface area contributed by atoms with Crippen molar-refractivity contribution in [3.63, 3.8) is 0 Å². The minimum atomic E-state index is -3.72. The molecule has 0 radical (unpaired) electrons. The summed E-state index contributed by atoms with van der Waals surface area (Å²) in [6.07, 6.45) is 1.81. The number of hydrogen-bond donors (Lipinski definition) is 2. The van der Waals surface area contributed by atoms with Crippen LogP contribution in [0.15, 0.2) is 53.4 Å². The third-order valence-corrected chi connectivity index (χ3v) is 6.94. The lowest BCUT2D eigenvalue weighted by Gasteiger charge is -2.23. The summed E-state index contributed by atoms with van der Waals surface area (Å²) in [5, 5.41) is 10.9. The van der Waals surface area contributed by atoms with Crippen LogP contribution in [0.5, 0.6) is 5.75 Å². The molecule has 0 aromatic heterocycles. The summed E-state index contributed by atoms with van der Waals surface area (Å²) in [7, 11) is -5.65. The van der Waals surface area contributed by atoms with Gasteiger partial charge in [-0.3, -0.25) is 0 Å². The largest absolute Gasteiger partial charge is 0.481 e. The van der Waals surface area contributed by atoms with Crippen LogP contribution in [-0.2, 0) is 26.4 Å². The van der Waals surface area contributed by atoms with Crippen molar-refractivity contribution in [2.24, 2.45) is 0 Å². The van der Waals surface area contributed by atoms with Gasteiger partial charge in [0.05, 0.1) is 22.9 Å². The lowest BCUT2D eigenvalue weighted by Crippen LogP contribution is -2.28. The quantitative estimate of drug-likeness (QED) is 0.396. The molecule has 0 amide bonds. The van der Waals surface area contributed by atoms with Crippen molar-refractivity contribution < 1.29 is 26.8 Å². The van der Waals surface area contributed by atoms with Crippen molar-refractivity contribution in [1.29, 1.82) is 0 Å². The van der Waals surface area contributed by atoms with Gasteiger partial charge in [0.25, 0.3) is 0 Å². The highest BCUT2D eigenvalue weighted by Crippen LogP contribution is 2.25. The second-order valence-corrected chi connectivity index (χ2v) is 11.0. The Kier molecular flexibility index (Phi) is 9.24. The third kappa shape index (κ3) is 8.26. The fourth-order valence-corrected chi connectivity index (χ4v) is 4.83. The first-order chi connectivity index (χ1) is 15.0. The third-order valence-electron chi connectivity index (χ3n) is 4.53. The highest BCUT2D eigenvalue weighted by molar-refractivity contribution is 7.91. The smallest absolute Gasteiger partial charge is 0.209 e. The van der Waals surface area contributed by atoms with E-state index in [1.54, 1.807) is 36.4 Å². The molecular formula is C22H28N2O6S2. The number of sulfone groups is 1. The average molecular weight is 481 g/mol. The molecule has 1 atom stereocenters. The molecule has 0 fully saturated rings. The van der Waals surface area contributed by atoms with E-state index in [0.717, 1.165) is 17.7 Å². The SMILES string of the molecule is CCC#CCOc1ccc(S(=O)(=O)CC(c2ccc(CNS(C)(=O)=O)cc2)N(C)O)cc1. The van der Waals surface area contributed by atoms with Crippen LogP contribution < -0.4 is 9.46 Å². The van der Waals surface area contributed by atoms with Gasteiger partial charge in [0.1, 0.15) is 12.4 Å². The first kappa shape index (κ1) is 25.8. The summed E-state index contributed by atoms with van der Waals surface area (Å²) in [6.45, 7) is 2.29. The second-order valence-electron chi connectivity index (χ2n) is 7.17. The van der Waals surface area contributed by atoms with Crippen molar-refractivity contribution >= 4 is 19.9 Å². The molecule has 8 nitrogen and oxygen atoms in total. The van der Waals surface area contributed by atoms with Gasteiger partial charge in [-0.05, 0) is 35.4 Å². The zero-order valence-corrected chi connectivity index (χ0v) is 19.9. The summed E-state index contributed by atoms with van der Waals surface area (Å²) in [6, 6.07) is 12.0. The zero-order chi connectivity index (χ0) is 23.8. The second kappa shape index (κ2) is 11.4. The van der Waals surface area contributed by atoms with E-state index in [9.17, 15) is 22.0 Å². The Balaban J connectivity index is 2.12. The van der Waals surface area contributed by atoms with E-state index in [1.807, 2.05) is 6.92 Å². The number of rotatable bonds is 10. The van der Waals surface area contributed by atoms with Gasteiger partial charge in [-0.25, -0.2) is 21.6 Å². The van der Waals surface area contributed by atoms with Crippen molar-refractivity contribution in [1.82, 2.24) is 9.79 Å². The number of sulfonamides is 1. The monoisotopic (exact) mass is 480 g/mol. The van der Waals surface area contributed by atoms with Gasteiger partial charge in [-0.15, -0.1) is 5.92 Å². The van der Waals surface area contributed by atoms with Crippen LogP contribution in [0.25, 0.3) is 0 Å². The normalized spacial score (nSPS) is 12.8. The Morgan fingerprint density at radius 1 is 1.03 bits per heavy atom. The molecule has 0 bridgehead atoms. The van der Waals surface area contributed by atoms with Gasteiger partial charge in [0, 0.05) is 20.0 Å². The van der Waals surface area contributed by atoms with Crippen LogP contribution in [-0.4, -0.2) is 52.8 Å². The maximum atomic E-state index is 12.9. The molecule has 0 aliphatic heterocycles. The fraction of sp³-hybridized carbons (Fsp3) is 0.364.